The summed E-state index contributed by atoms with van der Waals surface area (Å²) in [5.41, 5.74) is 0. The van der Waals surface area contributed by atoms with Crippen LogP contribution in [0, 0.1) is 17.0 Å². The van der Waals surface area contributed by atoms with Crippen LogP contribution >= 0.6 is 46.6 Å². The lowest BCUT2D eigenvalue weighted by molar-refractivity contribution is -0.392. The fourth-order valence-corrected chi connectivity index (χ4v) is 1.64. The highest BCUT2D eigenvalue weighted by Gasteiger charge is 2.19. The molecule has 9 heteroatoms. The Balaban J connectivity index is 0.00000256. The third-order valence-electron chi connectivity index (χ3n) is 2.09. The topological polar surface area (TPSA) is 93.2 Å². The first-order chi connectivity index (χ1) is 7.56. The molecule has 0 aromatic carbocycles. The summed E-state index contributed by atoms with van der Waals surface area (Å²) >= 11 is 2.13. The quantitative estimate of drug-likeness (QED) is 0.214. The van der Waals surface area contributed by atoms with Gasteiger partial charge in [-0.3, -0.25) is 0 Å². The number of rotatable bonds is 6. The Labute approximate surface area is 129 Å². The maximum absolute atomic E-state index is 10.7. The van der Waals surface area contributed by atoms with Crippen molar-refractivity contribution in [1.29, 1.82) is 0 Å². The molecule has 7 nitrogen and oxygen atoms in total. The first kappa shape index (κ1) is 17.0. The van der Waals surface area contributed by atoms with E-state index in [0.717, 1.165) is 4.55 Å². The average Bonchev–Trinajstić information content (AvgIpc) is 2.58. The van der Waals surface area contributed by atoms with Crippen LogP contribution in [0.1, 0.15) is 5.82 Å². The summed E-state index contributed by atoms with van der Waals surface area (Å²) in [6.07, 6.45) is 0.537. The van der Waals surface area contributed by atoms with Gasteiger partial charge in [-0.05, 0) is 4.92 Å². The summed E-state index contributed by atoms with van der Waals surface area (Å²) in [7, 11) is 0. The fourth-order valence-electron chi connectivity index (χ4n) is 1.32. The van der Waals surface area contributed by atoms with Crippen LogP contribution in [0.5, 0.6) is 0 Å². The highest BCUT2D eigenvalue weighted by molar-refractivity contribution is 14.1. The van der Waals surface area contributed by atoms with Crippen LogP contribution < -0.4 is 5.32 Å². The van der Waals surface area contributed by atoms with Crippen LogP contribution in [0.2, 0.25) is 0 Å². The smallest absolute Gasteiger partial charge is 0.342 e. The molecule has 1 atom stereocenters. The molecule has 0 bridgehead atoms. The van der Waals surface area contributed by atoms with Crippen molar-refractivity contribution in [3.05, 3.63) is 22.1 Å². The number of aromatic nitrogens is 2. The van der Waals surface area contributed by atoms with Gasteiger partial charge in [0.1, 0.15) is 18.8 Å². The molecule has 0 saturated carbocycles. The first-order valence-electron chi connectivity index (χ1n) is 4.67. The van der Waals surface area contributed by atoms with Crippen LogP contribution in [0.25, 0.3) is 0 Å². The van der Waals surface area contributed by atoms with Gasteiger partial charge in [-0.15, -0.1) is 24.0 Å². The molecule has 98 valence electrons. The van der Waals surface area contributed by atoms with E-state index in [0.29, 0.717) is 12.4 Å². The molecule has 1 unspecified atom stereocenters. The van der Waals surface area contributed by atoms with Crippen molar-refractivity contribution in [3.8, 4) is 0 Å². The van der Waals surface area contributed by atoms with Crippen LogP contribution in [0.15, 0.2) is 6.20 Å². The summed E-state index contributed by atoms with van der Waals surface area (Å²) in [4.78, 5) is 14.0. The Hall–Kier alpha value is -0.0100. The van der Waals surface area contributed by atoms with E-state index in [1.165, 1.54) is 10.8 Å². The first-order valence-corrected chi connectivity index (χ1v) is 6.20. The molecule has 0 fully saturated rings. The van der Waals surface area contributed by atoms with E-state index in [4.69, 9.17) is 0 Å². The minimum absolute atomic E-state index is 0. The maximum Gasteiger partial charge on any atom is 0.342 e. The Morgan fingerprint density at radius 2 is 2.41 bits per heavy atom. The van der Waals surface area contributed by atoms with Gasteiger partial charge in [0, 0.05) is 18.0 Å². The number of aliphatic hydroxyl groups is 1. The fraction of sp³-hybridized carbons (Fsp3) is 0.625. The number of nitrogens with zero attached hydrogens (tertiary/aromatic N) is 3. The molecule has 1 aromatic heterocycles. The summed E-state index contributed by atoms with van der Waals surface area (Å²) in [5.74, 6) is 0.436. The second-order valence-corrected chi connectivity index (χ2v) is 4.04. The van der Waals surface area contributed by atoms with Crippen molar-refractivity contribution < 1.29 is 10.0 Å². The third-order valence-corrected chi connectivity index (χ3v) is 2.63. The SMILES string of the molecule is Cc1ncc([N+](=O)[O-])n1CC(O)CNCI.I. The van der Waals surface area contributed by atoms with E-state index < -0.39 is 11.0 Å². The van der Waals surface area contributed by atoms with E-state index in [1.807, 2.05) is 0 Å². The molecule has 0 radical (unpaired) electrons. The molecule has 17 heavy (non-hydrogen) atoms. The summed E-state index contributed by atoms with van der Waals surface area (Å²) < 4.78 is 2.12. The Kier molecular flexibility index (Phi) is 8.15. The summed E-state index contributed by atoms with van der Waals surface area (Å²) in [6, 6.07) is 0. The Morgan fingerprint density at radius 3 is 2.94 bits per heavy atom. The number of nitro groups is 1. The van der Waals surface area contributed by atoms with Crippen molar-refractivity contribution in [2.45, 2.75) is 19.6 Å². The molecule has 1 heterocycles. The van der Waals surface area contributed by atoms with Crippen LogP contribution in [0.4, 0.5) is 5.82 Å². The molecule has 0 aliphatic carbocycles. The highest BCUT2D eigenvalue weighted by atomic mass is 127. The van der Waals surface area contributed by atoms with E-state index in [1.54, 1.807) is 6.92 Å². The molecule has 0 aliphatic rings. The summed E-state index contributed by atoms with van der Waals surface area (Å²) in [5, 5.41) is 23.3. The van der Waals surface area contributed by atoms with Gasteiger partial charge in [0.05, 0.1) is 0 Å². The number of hydrogen-bond acceptors (Lipinski definition) is 5. The molecule has 0 saturated heterocycles. The molecule has 1 aromatic rings. The number of imidazole rings is 1. The van der Waals surface area contributed by atoms with Gasteiger partial charge in [0.15, 0.2) is 5.82 Å². The van der Waals surface area contributed by atoms with Gasteiger partial charge < -0.3 is 20.5 Å². The molecule has 2 N–H and O–H groups in total. The predicted molar refractivity (Wildman–Crippen MR) is 81.9 cm³/mol. The molecular weight excluding hydrogens is 454 g/mol. The van der Waals surface area contributed by atoms with Crippen LogP contribution in [-0.2, 0) is 6.54 Å². The Bertz CT molecular complexity index is 372. The van der Waals surface area contributed by atoms with Gasteiger partial charge in [0.25, 0.3) is 0 Å². The van der Waals surface area contributed by atoms with Crippen molar-refractivity contribution >= 4 is 52.4 Å². The summed E-state index contributed by atoms with van der Waals surface area (Å²) in [6.45, 7) is 2.25. The van der Waals surface area contributed by atoms with Gasteiger partial charge in [-0.2, -0.15) is 0 Å². The van der Waals surface area contributed by atoms with E-state index in [9.17, 15) is 15.2 Å². The van der Waals surface area contributed by atoms with Crippen molar-refractivity contribution in [2.24, 2.45) is 0 Å². The van der Waals surface area contributed by atoms with Gasteiger partial charge in [-0.25, -0.2) is 9.55 Å². The third kappa shape index (κ3) is 5.01. The molecule has 1 rings (SSSR count). The number of aryl methyl sites for hydroxylation is 1. The lowest BCUT2D eigenvalue weighted by Crippen LogP contribution is -2.30. The predicted octanol–water partition coefficient (Wildman–Crippen LogP) is 1.06. The van der Waals surface area contributed by atoms with Crippen molar-refractivity contribution in [2.75, 3.05) is 11.1 Å². The van der Waals surface area contributed by atoms with E-state index >= 15 is 0 Å². The van der Waals surface area contributed by atoms with E-state index in [-0.39, 0.29) is 36.3 Å². The largest absolute Gasteiger partial charge is 0.388 e. The monoisotopic (exact) mass is 468 g/mol. The van der Waals surface area contributed by atoms with Gasteiger partial charge in [0.2, 0.25) is 0 Å². The second kappa shape index (κ2) is 8.16. The van der Waals surface area contributed by atoms with E-state index in [2.05, 4.69) is 32.9 Å². The average molecular weight is 468 g/mol. The lowest BCUT2D eigenvalue weighted by Gasteiger charge is -2.10. The molecular formula is C8H14I2N4O3. The molecule has 0 amide bonds. The Morgan fingerprint density at radius 1 is 1.76 bits per heavy atom. The lowest BCUT2D eigenvalue weighted by atomic mass is 10.3. The zero-order valence-electron chi connectivity index (χ0n) is 9.17. The number of halogens is 2. The minimum Gasteiger partial charge on any atom is -0.388 e. The number of alkyl halides is 1. The standard InChI is InChI=1S/C8H13IN4O3.HI/c1-6-11-3-8(13(15)16)12(6)4-7(14)2-10-5-9;/h3,7,10,14H,2,4-5H2,1H3;1H. The second-order valence-electron chi connectivity index (χ2n) is 3.27. The molecule has 0 spiro atoms. The van der Waals surface area contributed by atoms with Gasteiger partial charge in [-0.1, -0.05) is 22.6 Å². The zero-order valence-corrected chi connectivity index (χ0v) is 13.7. The van der Waals surface area contributed by atoms with Crippen molar-refractivity contribution in [1.82, 2.24) is 14.9 Å². The number of nitrogens with one attached hydrogen (secondary N) is 1. The van der Waals surface area contributed by atoms with Gasteiger partial charge >= 0.3 is 5.82 Å². The highest BCUT2D eigenvalue weighted by Crippen LogP contribution is 2.13. The zero-order chi connectivity index (χ0) is 12.1. The van der Waals surface area contributed by atoms with Crippen LogP contribution in [-0.4, -0.2) is 36.8 Å². The maximum atomic E-state index is 10.7. The number of aliphatic hydroxyl groups excluding tert-OH is 1. The number of hydrogen-bond donors (Lipinski definition) is 2. The van der Waals surface area contributed by atoms with Crippen LogP contribution in [0.3, 0.4) is 0 Å². The molecule has 0 aliphatic heterocycles. The van der Waals surface area contributed by atoms with Crippen molar-refractivity contribution in [3.63, 3.8) is 0 Å². The normalized spacial score (nSPS) is 11.9. The minimum atomic E-state index is -0.665.